The minimum absolute atomic E-state index is 0.0611. The summed E-state index contributed by atoms with van der Waals surface area (Å²) in [6, 6.07) is 0. The summed E-state index contributed by atoms with van der Waals surface area (Å²) < 4.78 is 7.19. The molecule has 2 aromatic rings. The molecule has 0 aliphatic heterocycles. The van der Waals surface area contributed by atoms with E-state index in [1.807, 2.05) is 29.8 Å². The zero-order valence-corrected chi connectivity index (χ0v) is 9.83. The number of aliphatic hydroxyl groups is 1. The Morgan fingerprint density at radius 1 is 1.53 bits per heavy atom. The van der Waals surface area contributed by atoms with Crippen LogP contribution in [0.3, 0.4) is 0 Å². The summed E-state index contributed by atoms with van der Waals surface area (Å²) in [5.74, 6) is 0. The van der Waals surface area contributed by atoms with Crippen LogP contribution in [-0.4, -0.2) is 27.7 Å². The van der Waals surface area contributed by atoms with Crippen LogP contribution >= 0.6 is 11.3 Å². The van der Waals surface area contributed by atoms with E-state index in [4.69, 9.17) is 9.84 Å². The molecule has 2 rings (SSSR count). The second-order valence-corrected chi connectivity index (χ2v) is 3.45. The lowest BCUT2D eigenvalue weighted by atomic mass is 10.5. The van der Waals surface area contributed by atoms with Crippen molar-refractivity contribution in [2.24, 2.45) is 0 Å². The summed E-state index contributed by atoms with van der Waals surface area (Å²) in [6.07, 6.45) is 3.76. The number of nitrogens with zero attached hydrogens (tertiary/aromatic N) is 2. The first-order valence-corrected chi connectivity index (χ1v) is 5.88. The molecule has 0 aromatic carbocycles. The molecule has 0 radical (unpaired) electrons. The molecule has 2 aromatic heterocycles. The molecule has 0 aliphatic rings. The lowest BCUT2D eigenvalue weighted by Crippen LogP contribution is -2.00. The van der Waals surface area contributed by atoms with Crippen LogP contribution in [0.5, 0.6) is 0 Å². The minimum Gasteiger partial charge on any atom is -0.394 e. The highest BCUT2D eigenvalue weighted by Gasteiger charge is 2.02. The van der Waals surface area contributed by atoms with Crippen LogP contribution < -0.4 is 0 Å². The standard InChI is InChI=1S/C8H10N2O2S.C2H6/c11-2-3-12-6-7-5-9-8-10(7)1-4-13-8;1-2/h1,4-5,11H,2-3,6H2;1-2H3. The van der Waals surface area contributed by atoms with Gasteiger partial charge in [-0.05, 0) is 0 Å². The van der Waals surface area contributed by atoms with Crippen molar-refractivity contribution < 1.29 is 9.84 Å². The van der Waals surface area contributed by atoms with Gasteiger partial charge >= 0.3 is 0 Å². The summed E-state index contributed by atoms with van der Waals surface area (Å²) in [7, 11) is 0. The summed E-state index contributed by atoms with van der Waals surface area (Å²) in [4.78, 5) is 5.17. The van der Waals surface area contributed by atoms with Crippen molar-refractivity contribution in [3.05, 3.63) is 23.5 Å². The fourth-order valence-corrected chi connectivity index (χ4v) is 1.83. The largest absolute Gasteiger partial charge is 0.394 e. The van der Waals surface area contributed by atoms with Gasteiger partial charge < -0.3 is 9.84 Å². The molecule has 4 nitrogen and oxygen atoms in total. The molecule has 0 atom stereocenters. The molecule has 84 valence electrons. The number of hydrogen-bond donors (Lipinski definition) is 1. The van der Waals surface area contributed by atoms with Crippen molar-refractivity contribution in [3.8, 4) is 0 Å². The number of rotatable bonds is 4. The Morgan fingerprint density at radius 2 is 2.33 bits per heavy atom. The molecule has 0 saturated heterocycles. The fraction of sp³-hybridized carbons (Fsp3) is 0.500. The number of aliphatic hydroxyl groups excluding tert-OH is 1. The van der Waals surface area contributed by atoms with E-state index in [0.717, 1.165) is 10.7 Å². The third kappa shape index (κ3) is 3.02. The normalized spacial score (nSPS) is 10.1. The zero-order chi connectivity index (χ0) is 11.1. The number of imidazole rings is 1. The Labute approximate surface area is 93.1 Å². The Bertz CT molecular complexity index is 383. The van der Waals surface area contributed by atoms with Gasteiger partial charge in [0.2, 0.25) is 0 Å². The van der Waals surface area contributed by atoms with E-state index in [0.29, 0.717) is 13.2 Å². The van der Waals surface area contributed by atoms with E-state index < -0.39 is 0 Å². The molecule has 0 amide bonds. The second-order valence-electron chi connectivity index (χ2n) is 2.58. The molecule has 0 bridgehead atoms. The van der Waals surface area contributed by atoms with Crippen LogP contribution in [0.1, 0.15) is 19.5 Å². The Kier molecular flexibility index (Phi) is 5.31. The molecule has 0 fully saturated rings. The van der Waals surface area contributed by atoms with E-state index in [1.165, 1.54) is 0 Å². The maximum atomic E-state index is 8.52. The van der Waals surface area contributed by atoms with Crippen molar-refractivity contribution in [3.63, 3.8) is 0 Å². The molecule has 0 unspecified atom stereocenters. The number of aromatic nitrogens is 2. The number of thiazole rings is 1. The first-order valence-electron chi connectivity index (χ1n) is 5.00. The van der Waals surface area contributed by atoms with Crippen LogP contribution in [0.4, 0.5) is 0 Å². The second kappa shape index (κ2) is 6.55. The molecule has 0 spiro atoms. The van der Waals surface area contributed by atoms with Crippen LogP contribution in [0, 0.1) is 0 Å². The summed E-state index contributed by atoms with van der Waals surface area (Å²) in [5, 5.41) is 10.5. The van der Waals surface area contributed by atoms with Crippen molar-refractivity contribution >= 4 is 16.3 Å². The summed E-state index contributed by atoms with van der Waals surface area (Å²) in [6.45, 7) is 4.93. The first kappa shape index (κ1) is 12.2. The number of hydrogen-bond acceptors (Lipinski definition) is 4. The van der Waals surface area contributed by atoms with Gasteiger partial charge in [0, 0.05) is 11.6 Å². The monoisotopic (exact) mass is 228 g/mol. The average Bonchev–Trinajstić information content (AvgIpc) is 2.85. The van der Waals surface area contributed by atoms with Gasteiger partial charge in [-0.1, -0.05) is 13.8 Å². The molecule has 0 aliphatic carbocycles. The van der Waals surface area contributed by atoms with E-state index in [1.54, 1.807) is 17.5 Å². The van der Waals surface area contributed by atoms with Crippen LogP contribution in [0.2, 0.25) is 0 Å². The maximum absolute atomic E-state index is 8.52. The van der Waals surface area contributed by atoms with E-state index in [-0.39, 0.29) is 6.61 Å². The summed E-state index contributed by atoms with van der Waals surface area (Å²) in [5.41, 5.74) is 1.02. The smallest absolute Gasteiger partial charge is 0.193 e. The van der Waals surface area contributed by atoms with Gasteiger partial charge in [-0.3, -0.25) is 4.40 Å². The van der Waals surface area contributed by atoms with Crippen molar-refractivity contribution in [1.82, 2.24) is 9.38 Å². The quantitative estimate of drug-likeness (QED) is 0.813. The maximum Gasteiger partial charge on any atom is 0.193 e. The SMILES string of the molecule is CC.OCCOCc1cnc2sccn12. The van der Waals surface area contributed by atoms with Gasteiger partial charge in [0.1, 0.15) is 0 Å². The Hall–Kier alpha value is -0.910. The fourth-order valence-electron chi connectivity index (χ4n) is 1.12. The minimum atomic E-state index is 0.0611. The number of fused-ring (bicyclic) bond motifs is 1. The first-order chi connectivity index (χ1) is 7.42. The van der Waals surface area contributed by atoms with Crippen molar-refractivity contribution in [2.45, 2.75) is 20.5 Å². The lowest BCUT2D eigenvalue weighted by molar-refractivity contribution is 0.0794. The van der Waals surface area contributed by atoms with E-state index in [9.17, 15) is 0 Å². The van der Waals surface area contributed by atoms with Crippen LogP contribution in [-0.2, 0) is 11.3 Å². The Morgan fingerprint density at radius 3 is 3.07 bits per heavy atom. The Balaban J connectivity index is 0.000000531. The summed E-state index contributed by atoms with van der Waals surface area (Å²) >= 11 is 1.59. The molecule has 5 heteroatoms. The highest BCUT2D eigenvalue weighted by atomic mass is 32.1. The predicted molar refractivity (Wildman–Crippen MR) is 61.2 cm³/mol. The van der Waals surface area contributed by atoms with Crippen molar-refractivity contribution in [1.29, 1.82) is 0 Å². The van der Waals surface area contributed by atoms with Gasteiger partial charge in [-0.2, -0.15) is 0 Å². The van der Waals surface area contributed by atoms with Gasteiger partial charge in [0.15, 0.2) is 4.96 Å². The highest BCUT2D eigenvalue weighted by Crippen LogP contribution is 2.12. The third-order valence-electron chi connectivity index (χ3n) is 1.71. The van der Waals surface area contributed by atoms with E-state index in [2.05, 4.69) is 4.98 Å². The molecule has 15 heavy (non-hydrogen) atoms. The van der Waals surface area contributed by atoms with Gasteiger partial charge in [0.25, 0.3) is 0 Å². The third-order valence-corrected chi connectivity index (χ3v) is 2.48. The molecular formula is C10H16N2O2S. The van der Waals surface area contributed by atoms with Crippen molar-refractivity contribution in [2.75, 3.05) is 13.2 Å². The highest BCUT2D eigenvalue weighted by molar-refractivity contribution is 7.15. The molecule has 2 heterocycles. The molecule has 1 N–H and O–H groups in total. The lowest BCUT2D eigenvalue weighted by Gasteiger charge is -1.99. The van der Waals surface area contributed by atoms with E-state index >= 15 is 0 Å². The van der Waals surface area contributed by atoms with Gasteiger partial charge in [0.05, 0.1) is 31.7 Å². The molecular weight excluding hydrogens is 212 g/mol. The molecule has 0 saturated carbocycles. The topological polar surface area (TPSA) is 46.8 Å². The van der Waals surface area contributed by atoms with Crippen LogP contribution in [0.25, 0.3) is 4.96 Å². The van der Waals surface area contributed by atoms with Gasteiger partial charge in [-0.15, -0.1) is 11.3 Å². The van der Waals surface area contributed by atoms with Crippen LogP contribution in [0.15, 0.2) is 17.8 Å². The predicted octanol–water partition coefficient (Wildman–Crippen LogP) is 1.93. The average molecular weight is 228 g/mol. The van der Waals surface area contributed by atoms with Gasteiger partial charge in [-0.25, -0.2) is 4.98 Å². The number of ether oxygens (including phenoxy) is 1. The zero-order valence-electron chi connectivity index (χ0n) is 9.01.